The molecule has 1 fully saturated rings. The summed E-state index contributed by atoms with van der Waals surface area (Å²) >= 11 is 0. The average molecular weight is 216 g/mol. The standard InChI is InChI=1S/C10H20N2O3/c1-3-4-10(2,11)9(15)12-5-7(13)8(14)6-12/h7-8,13-14H,3-6,11H2,1-2H3/t7-,8+,10?. The molecule has 88 valence electrons. The van der Waals surface area contributed by atoms with E-state index in [1.807, 2.05) is 6.92 Å². The van der Waals surface area contributed by atoms with Crippen molar-refractivity contribution in [2.45, 2.75) is 44.4 Å². The van der Waals surface area contributed by atoms with Gasteiger partial charge >= 0.3 is 0 Å². The van der Waals surface area contributed by atoms with Crippen LogP contribution in [0.5, 0.6) is 0 Å². The van der Waals surface area contributed by atoms with Crippen molar-refractivity contribution < 1.29 is 15.0 Å². The molecule has 1 aliphatic heterocycles. The van der Waals surface area contributed by atoms with Gasteiger partial charge in [0.15, 0.2) is 0 Å². The number of rotatable bonds is 3. The van der Waals surface area contributed by atoms with Gasteiger partial charge in [-0.3, -0.25) is 4.79 Å². The summed E-state index contributed by atoms with van der Waals surface area (Å²) in [4.78, 5) is 13.4. The Bertz CT molecular complexity index is 233. The molecule has 0 radical (unpaired) electrons. The minimum Gasteiger partial charge on any atom is -0.388 e. The monoisotopic (exact) mass is 216 g/mol. The van der Waals surface area contributed by atoms with Crippen LogP contribution in [0.2, 0.25) is 0 Å². The largest absolute Gasteiger partial charge is 0.388 e. The van der Waals surface area contributed by atoms with Crippen molar-refractivity contribution in [1.29, 1.82) is 0 Å². The lowest BCUT2D eigenvalue weighted by Crippen LogP contribution is -2.52. The molecule has 1 heterocycles. The quantitative estimate of drug-likeness (QED) is 0.568. The molecule has 0 aromatic rings. The number of aliphatic hydroxyl groups is 2. The third kappa shape index (κ3) is 2.68. The van der Waals surface area contributed by atoms with Gasteiger partial charge in [0.2, 0.25) is 5.91 Å². The van der Waals surface area contributed by atoms with E-state index in [0.29, 0.717) is 6.42 Å². The van der Waals surface area contributed by atoms with Gasteiger partial charge in [0.25, 0.3) is 0 Å². The first kappa shape index (κ1) is 12.4. The Labute approximate surface area is 89.9 Å². The Balaban J connectivity index is 2.62. The summed E-state index contributed by atoms with van der Waals surface area (Å²) in [5.74, 6) is -0.194. The van der Waals surface area contributed by atoms with Crippen LogP contribution in [0.1, 0.15) is 26.7 Å². The van der Waals surface area contributed by atoms with Crippen LogP contribution < -0.4 is 5.73 Å². The summed E-state index contributed by atoms with van der Waals surface area (Å²) in [5.41, 5.74) is 5.00. The lowest BCUT2D eigenvalue weighted by Gasteiger charge is -2.28. The van der Waals surface area contributed by atoms with Crippen LogP contribution in [0.25, 0.3) is 0 Å². The highest BCUT2D eigenvalue weighted by Gasteiger charge is 2.38. The molecular weight excluding hydrogens is 196 g/mol. The van der Waals surface area contributed by atoms with Gasteiger partial charge in [-0.05, 0) is 13.3 Å². The SMILES string of the molecule is CCCC(C)(N)C(=O)N1C[C@@H](O)[C@@H](O)C1. The van der Waals surface area contributed by atoms with Crippen molar-refractivity contribution in [2.24, 2.45) is 5.73 Å². The fraction of sp³-hybridized carbons (Fsp3) is 0.900. The van der Waals surface area contributed by atoms with Crippen molar-refractivity contribution in [2.75, 3.05) is 13.1 Å². The maximum Gasteiger partial charge on any atom is 0.242 e. The van der Waals surface area contributed by atoms with Gasteiger partial charge < -0.3 is 20.8 Å². The zero-order valence-electron chi connectivity index (χ0n) is 9.31. The third-order valence-corrected chi connectivity index (χ3v) is 2.80. The number of likely N-dealkylation sites (tertiary alicyclic amines) is 1. The number of aliphatic hydroxyl groups excluding tert-OH is 2. The van der Waals surface area contributed by atoms with Crippen LogP contribution in [-0.2, 0) is 4.79 Å². The van der Waals surface area contributed by atoms with Crippen molar-refractivity contribution in [3.63, 3.8) is 0 Å². The molecule has 15 heavy (non-hydrogen) atoms. The molecule has 1 aliphatic rings. The Morgan fingerprint density at radius 1 is 1.47 bits per heavy atom. The van der Waals surface area contributed by atoms with Crippen LogP contribution in [0.3, 0.4) is 0 Å². The van der Waals surface area contributed by atoms with E-state index in [1.54, 1.807) is 6.92 Å². The molecular formula is C10H20N2O3. The summed E-state index contributed by atoms with van der Waals surface area (Å²) < 4.78 is 0. The first-order valence-corrected chi connectivity index (χ1v) is 5.33. The van der Waals surface area contributed by atoms with E-state index >= 15 is 0 Å². The Morgan fingerprint density at radius 2 is 1.93 bits per heavy atom. The molecule has 0 saturated carbocycles. The van der Waals surface area contributed by atoms with E-state index in [0.717, 1.165) is 6.42 Å². The molecule has 0 aromatic heterocycles. The number of nitrogens with two attached hydrogens (primary N) is 1. The summed E-state index contributed by atoms with van der Waals surface area (Å²) in [6.45, 7) is 4.01. The van der Waals surface area contributed by atoms with Crippen LogP contribution in [0.4, 0.5) is 0 Å². The van der Waals surface area contributed by atoms with E-state index in [-0.39, 0.29) is 19.0 Å². The fourth-order valence-corrected chi connectivity index (χ4v) is 1.92. The number of hydrogen-bond acceptors (Lipinski definition) is 4. The maximum atomic E-state index is 11.9. The number of carbonyl (C=O) groups excluding carboxylic acids is 1. The zero-order chi connectivity index (χ0) is 11.6. The number of amides is 1. The molecule has 1 rings (SSSR count). The molecule has 0 spiro atoms. The van der Waals surface area contributed by atoms with Crippen molar-refractivity contribution in [3.05, 3.63) is 0 Å². The average Bonchev–Trinajstić information content (AvgIpc) is 2.45. The van der Waals surface area contributed by atoms with Crippen molar-refractivity contribution in [1.82, 2.24) is 4.90 Å². The van der Waals surface area contributed by atoms with Gasteiger partial charge in [-0.25, -0.2) is 0 Å². The topological polar surface area (TPSA) is 86.8 Å². The van der Waals surface area contributed by atoms with Crippen LogP contribution in [-0.4, -0.2) is 51.9 Å². The molecule has 1 unspecified atom stereocenters. The second-order valence-electron chi connectivity index (χ2n) is 4.51. The smallest absolute Gasteiger partial charge is 0.242 e. The van der Waals surface area contributed by atoms with Gasteiger partial charge in [0, 0.05) is 13.1 Å². The maximum absolute atomic E-state index is 11.9. The van der Waals surface area contributed by atoms with Gasteiger partial charge in [0.05, 0.1) is 17.7 Å². The molecule has 3 atom stereocenters. The zero-order valence-corrected chi connectivity index (χ0v) is 9.31. The third-order valence-electron chi connectivity index (χ3n) is 2.80. The molecule has 0 bridgehead atoms. The minimum absolute atomic E-state index is 0.177. The highest BCUT2D eigenvalue weighted by atomic mass is 16.3. The molecule has 0 aromatic carbocycles. The lowest BCUT2D eigenvalue weighted by molar-refractivity contribution is -0.136. The van der Waals surface area contributed by atoms with Gasteiger partial charge in [0.1, 0.15) is 0 Å². The summed E-state index contributed by atoms with van der Waals surface area (Å²) in [5, 5.41) is 18.7. The molecule has 1 amide bonds. The van der Waals surface area contributed by atoms with Gasteiger partial charge in [-0.2, -0.15) is 0 Å². The van der Waals surface area contributed by atoms with E-state index in [9.17, 15) is 15.0 Å². The summed E-state index contributed by atoms with van der Waals surface area (Å²) in [6, 6.07) is 0. The summed E-state index contributed by atoms with van der Waals surface area (Å²) in [7, 11) is 0. The first-order chi connectivity index (χ1) is 6.88. The van der Waals surface area contributed by atoms with E-state index in [1.165, 1.54) is 4.90 Å². The van der Waals surface area contributed by atoms with E-state index < -0.39 is 17.7 Å². The number of carbonyl (C=O) groups is 1. The van der Waals surface area contributed by atoms with Crippen LogP contribution in [0.15, 0.2) is 0 Å². The second-order valence-corrected chi connectivity index (χ2v) is 4.51. The Morgan fingerprint density at radius 3 is 2.33 bits per heavy atom. The lowest BCUT2D eigenvalue weighted by atomic mass is 9.96. The second kappa shape index (κ2) is 4.47. The Kier molecular flexibility index (Phi) is 3.70. The highest BCUT2D eigenvalue weighted by molar-refractivity contribution is 5.86. The minimum atomic E-state index is -0.890. The number of hydrogen-bond donors (Lipinski definition) is 3. The van der Waals surface area contributed by atoms with Crippen LogP contribution in [0, 0.1) is 0 Å². The number of β-amino-alcohol motifs (C(OH)–C–C–N with tert-alkyl or cyclic N) is 2. The van der Waals surface area contributed by atoms with Crippen molar-refractivity contribution in [3.8, 4) is 0 Å². The van der Waals surface area contributed by atoms with E-state index in [4.69, 9.17) is 5.73 Å². The van der Waals surface area contributed by atoms with Gasteiger partial charge in [-0.15, -0.1) is 0 Å². The van der Waals surface area contributed by atoms with Crippen molar-refractivity contribution >= 4 is 5.91 Å². The van der Waals surface area contributed by atoms with E-state index in [2.05, 4.69) is 0 Å². The molecule has 5 heteroatoms. The highest BCUT2D eigenvalue weighted by Crippen LogP contribution is 2.17. The predicted molar refractivity (Wildman–Crippen MR) is 56.1 cm³/mol. The predicted octanol–water partition coefficient (Wildman–Crippen LogP) is -0.932. The van der Waals surface area contributed by atoms with Gasteiger partial charge in [-0.1, -0.05) is 13.3 Å². The van der Waals surface area contributed by atoms with Crippen LogP contribution >= 0.6 is 0 Å². The molecule has 0 aliphatic carbocycles. The number of nitrogens with zero attached hydrogens (tertiary/aromatic N) is 1. The Hall–Kier alpha value is -0.650. The summed E-state index contributed by atoms with van der Waals surface area (Å²) in [6.07, 6.45) is -0.246. The molecule has 5 nitrogen and oxygen atoms in total. The normalized spacial score (nSPS) is 30.3. The fourth-order valence-electron chi connectivity index (χ4n) is 1.92. The first-order valence-electron chi connectivity index (χ1n) is 5.33. The molecule has 1 saturated heterocycles. The molecule has 4 N–H and O–H groups in total.